The Morgan fingerprint density at radius 1 is 1.19 bits per heavy atom. The predicted molar refractivity (Wildman–Crippen MR) is 76.9 cm³/mol. The number of nitrogens with one attached hydrogen (secondary N) is 1. The average molecular weight is 313 g/mol. The molecular formula is C13H17F2N5S. The van der Waals surface area contributed by atoms with Crippen molar-refractivity contribution >= 4 is 11.8 Å². The third-order valence-corrected chi connectivity index (χ3v) is 3.74. The Bertz CT molecular complexity index is 555. The van der Waals surface area contributed by atoms with Crippen LogP contribution in [0.25, 0.3) is 0 Å². The van der Waals surface area contributed by atoms with Crippen molar-refractivity contribution in [1.82, 2.24) is 25.5 Å². The van der Waals surface area contributed by atoms with Gasteiger partial charge in [-0.15, -0.1) is 5.10 Å². The molecule has 1 aromatic heterocycles. The Morgan fingerprint density at radius 2 is 1.95 bits per heavy atom. The Hall–Kier alpha value is -1.54. The molecule has 21 heavy (non-hydrogen) atoms. The maximum Gasteiger partial charge on any atom is 0.209 e. The van der Waals surface area contributed by atoms with Gasteiger partial charge in [0, 0.05) is 18.4 Å². The van der Waals surface area contributed by atoms with Gasteiger partial charge in [-0.1, -0.05) is 18.7 Å². The molecule has 0 amide bonds. The predicted octanol–water partition coefficient (Wildman–Crippen LogP) is 2.24. The maximum absolute atomic E-state index is 13.1. The van der Waals surface area contributed by atoms with Crippen molar-refractivity contribution in [3.05, 3.63) is 35.4 Å². The molecule has 2 rings (SSSR count). The van der Waals surface area contributed by atoms with Crippen LogP contribution in [0.3, 0.4) is 0 Å². The Balaban J connectivity index is 1.89. The normalized spacial score (nSPS) is 11.0. The van der Waals surface area contributed by atoms with Gasteiger partial charge in [0.15, 0.2) is 0 Å². The van der Waals surface area contributed by atoms with Gasteiger partial charge in [-0.25, -0.2) is 13.5 Å². The zero-order valence-electron chi connectivity index (χ0n) is 11.7. The Labute approximate surface area is 126 Å². The summed E-state index contributed by atoms with van der Waals surface area (Å²) in [6.45, 7) is 4.49. The number of nitrogens with zero attached hydrogens (tertiary/aromatic N) is 4. The van der Waals surface area contributed by atoms with Gasteiger partial charge < -0.3 is 5.32 Å². The number of thioether (sulfide) groups is 1. The summed E-state index contributed by atoms with van der Waals surface area (Å²) in [5.74, 6) is -0.736. The van der Waals surface area contributed by atoms with Crippen molar-refractivity contribution in [2.45, 2.75) is 30.8 Å². The lowest BCUT2D eigenvalue weighted by Crippen LogP contribution is -2.21. The smallest absolute Gasteiger partial charge is 0.209 e. The first kappa shape index (κ1) is 15.8. The van der Waals surface area contributed by atoms with Gasteiger partial charge >= 0.3 is 0 Å². The highest BCUT2D eigenvalue weighted by atomic mass is 32.2. The van der Waals surface area contributed by atoms with Crippen molar-refractivity contribution in [2.24, 2.45) is 0 Å². The van der Waals surface area contributed by atoms with Crippen LogP contribution in [0, 0.1) is 11.6 Å². The van der Waals surface area contributed by atoms with E-state index in [0.717, 1.165) is 25.6 Å². The molecular weight excluding hydrogens is 296 g/mol. The second-order valence-corrected chi connectivity index (χ2v) is 5.44. The minimum Gasteiger partial charge on any atom is -0.315 e. The molecule has 8 heteroatoms. The van der Waals surface area contributed by atoms with Crippen LogP contribution in [0.15, 0.2) is 23.4 Å². The van der Waals surface area contributed by atoms with E-state index in [0.29, 0.717) is 23.0 Å². The highest BCUT2D eigenvalue weighted by Gasteiger charge is 2.08. The van der Waals surface area contributed by atoms with Crippen molar-refractivity contribution < 1.29 is 8.78 Å². The fourth-order valence-corrected chi connectivity index (χ4v) is 2.60. The zero-order chi connectivity index (χ0) is 15.1. The van der Waals surface area contributed by atoms with E-state index in [-0.39, 0.29) is 0 Å². The number of tetrazole rings is 1. The second kappa shape index (κ2) is 8.04. The monoisotopic (exact) mass is 313 g/mol. The first-order valence-corrected chi connectivity index (χ1v) is 7.72. The molecule has 0 fully saturated rings. The number of rotatable bonds is 8. The number of hydrogen-bond donors (Lipinski definition) is 1. The van der Waals surface area contributed by atoms with Gasteiger partial charge in [-0.2, -0.15) is 0 Å². The largest absolute Gasteiger partial charge is 0.315 e. The van der Waals surface area contributed by atoms with Gasteiger partial charge in [-0.05, 0) is 41.1 Å². The fourth-order valence-electron chi connectivity index (χ4n) is 1.77. The summed E-state index contributed by atoms with van der Waals surface area (Å²) >= 11 is 1.35. The van der Waals surface area contributed by atoms with Gasteiger partial charge in [-0.3, -0.25) is 0 Å². The number of halogens is 2. The van der Waals surface area contributed by atoms with Crippen molar-refractivity contribution in [1.29, 1.82) is 0 Å². The molecule has 0 aliphatic heterocycles. The van der Waals surface area contributed by atoms with E-state index < -0.39 is 11.6 Å². The van der Waals surface area contributed by atoms with Crippen LogP contribution >= 0.6 is 11.8 Å². The van der Waals surface area contributed by atoms with Crippen LogP contribution in [-0.4, -0.2) is 33.3 Å². The van der Waals surface area contributed by atoms with Crippen LogP contribution in [0.5, 0.6) is 0 Å². The molecule has 1 heterocycles. The zero-order valence-corrected chi connectivity index (χ0v) is 12.5. The molecule has 1 aromatic carbocycles. The summed E-state index contributed by atoms with van der Waals surface area (Å²) in [6, 6.07) is 3.48. The van der Waals surface area contributed by atoms with Gasteiger partial charge in [0.2, 0.25) is 5.16 Å². The van der Waals surface area contributed by atoms with Crippen molar-refractivity contribution in [3.8, 4) is 0 Å². The van der Waals surface area contributed by atoms with Crippen LogP contribution in [0.4, 0.5) is 8.78 Å². The lowest BCUT2D eigenvalue weighted by molar-refractivity contribution is 0.510. The minimum absolute atomic E-state index is 0.414. The number of aromatic nitrogens is 4. The first-order valence-electron chi connectivity index (χ1n) is 6.73. The average Bonchev–Trinajstić information content (AvgIpc) is 2.88. The first-order chi connectivity index (χ1) is 10.2. The van der Waals surface area contributed by atoms with Gasteiger partial charge in [0.05, 0.1) is 6.54 Å². The van der Waals surface area contributed by atoms with Crippen LogP contribution in [0.2, 0.25) is 0 Å². The molecule has 0 aliphatic rings. The van der Waals surface area contributed by atoms with Crippen LogP contribution in [-0.2, 0) is 12.3 Å². The lowest BCUT2D eigenvalue weighted by Gasteiger charge is -2.05. The third kappa shape index (κ3) is 5.05. The number of benzene rings is 1. The van der Waals surface area contributed by atoms with Crippen LogP contribution < -0.4 is 5.32 Å². The topological polar surface area (TPSA) is 55.6 Å². The lowest BCUT2D eigenvalue weighted by atomic mass is 10.2. The molecule has 0 saturated heterocycles. The van der Waals surface area contributed by atoms with Crippen LogP contribution in [0.1, 0.15) is 18.9 Å². The van der Waals surface area contributed by atoms with E-state index in [1.54, 1.807) is 4.68 Å². The van der Waals surface area contributed by atoms with E-state index in [9.17, 15) is 8.78 Å². The second-order valence-electron chi connectivity index (χ2n) is 4.50. The molecule has 0 unspecified atom stereocenters. The van der Waals surface area contributed by atoms with Crippen molar-refractivity contribution in [2.75, 3.05) is 13.1 Å². The summed E-state index contributed by atoms with van der Waals surface area (Å²) < 4.78 is 27.9. The SMILES string of the molecule is CCCNCCn1nnnc1SCc1cc(F)cc(F)c1. The molecule has 0 saturated carbocycles. The summed E-state index contributed by atoms with van der Waals surface area (Å²) in [5.41, 5.74) is 0.566. The van der Waals surface area contributed by atoms with E-state index in [2.05, 4.69) is 27.8 Å². The molecule has 0 radical (unpaired) electrons. The maximum atomic E-state index is 13.1. The fraction of sp³-hybridized carbons (Fsp3) is 0.462. The van der Waals surface area contributed by atoms with E-state index in [4.69, 9.17) is 0 Å². The highest BCUT2D eigenvalue weighted by molar-refractivity contribution is 7.98. The molecule has 0 spiro atoms. The summed E-state index contributed by atoms with van der Waals surface area (Å²) in [6.07, 6.45) is 1.07. The molecule has 0 atom stereocenters. The molecule has 0 aliphatic carbocycles. The highest BCUT2D eigenvalue weighted by Crippen LogP contribution is 2.21. The van der Waals surface area contributed by atoms with Gasteiger partial charge in [0.1, 0.15) is 11.6 Å². The molecule has 114 valence electrons. The Kier molecular flexibility index (Phi) is 6.06. The molecule has 5 nitrogen and oxygen atoms in total. The Morgan fingerprint density at radius 3 is 2.67 bits per heavy atom. The third-order valence-electron chi connectivity index (χ3n) is 2.72. The summed E-state index contributed by atoms with van der Waals surface area (Å²) in [5, 5.41) is 15.4. The molecule has 0 bridgehead atoms. The van der Waals surface area contributed by atoms with E-state index in [1.165, 1.54) is 23.9 Å². The minimum atomic E-state index is -0.575. The standard InChI is InChI=1S/C13H17F2N5S/c1-2-3-16-4-5-20-13(17-18-19-20)21-9-10-6-11(14)8-12(15)7-10/h6-8,16H,2-5,9H2,1H3. The van der Waals surface area contributed by atoms with E-state index in [1.807, 2.05) is 0 Å². The molecule has 2 aromatic rings. The van der Waals surface area contributed by atoms with Crippen molar-refractivity contribution in [3.63, 3.8) is 0 Å². The van der Waals surface area contributed by atoms with Gasteiger partial charge in [0.25, 0.3) is 0 Å². The summed E-state index contributed by atoms with van der Waals surface area (Å²) in [4.78, 5) is 0. The van der Waals surface area contributed by atoms with E-state index >= 15 is 0 Å². The quantitative estimate of drug-likeness (QED) is 0.598. The summed E-state index contributed by atoms with van der Waals surface area (Å²) in [7, 11) is 0. The molecule has 1 N–H and O–H groups in total. The number of hydrogen-bond acceptors (Lipinski definition) is 5.